The van der Waals surface area contributed by atoms with E-state index in [1.807, 2.05) is 4.90 Å². The zero-order chi connectivity index (χ0) is 16.5. The lowest BCUT2D eigenvalue weighted by atomic mass is 10.1. The van der Waals surface area contributed by atoms with E-state index in [2.05, 4.69) is 18.7 Å². The summed E-state index contributed by atoms with van der Waals surface area (Å²) in [5, 5.41) is 0. The molecule has 4 nitrogen and oxygen atoms in total. The van der Waals surface area contributed by atoms with Gasteiger partial charge in [0.1, 0.15) is 0 Å². The first-order valence-corrected chi connectivity index (χ1v) is 8.07. The molecular weight excluding hydrogens is 317 g/mol. The molecular formula is C14H18F3N2O2S-. The summed E-state index contributed by atoms with van der Waals surface area (Å²) in [5.41, 5.74) is -0.699. The predicted molar refractivity (Wildman–Crippen MR) is 77.6 cm³/mol. The number of piperazine rings is 1. The van der Waals surface area contributed by atoms with Gasteiger partial charge in [0.25, 0.3) is 0 Å². The number of rotatable bonds is 3. The molecule has 1 aliphatic heterocycles. The summed E-state index contributed by atoms with van der Waals surface area (Å²) in [5.74, 6) is 0. The molecule has 1 aromatic carbocycles. The van der Waals surface area contributed by atoms with E-state index in [-0.39, 0.29) is 0 Å². The quantitative estimate of drug-likeness (QED) is 0.796. The zero-order valence-corrected chi connectivity index (χ0v) is 13.2. The first-order valence-electron chi connectivity index (χ1n) is 6.99. The Morgan fingerprint density at radius 1 is 1.18 bits per heavy atom. The summed E-state index contributed by atoms with van der Waals surface area (Å²) in [7, 11) is 0. The van der Waals surface area contributed by atoms with Crippen LogP contribution in [-0.2, 0) is 17.3 Å². The molecule has 8 heteroatoms. The molecule has 0 saturated carbocycles. The SMILES string of the molecule is CC(C)N1CCN(c2ccc(S(=O)[O-])c(C(F)(F)F)c2)CC1. The fourth-order valence-corrected chi connectivity index (χ4v) is 3.11. The van der Waals surface area contributed by atoms with Gasteiger partial charge in [-0.05, 0) is 43.1 Å². The summed E-state index contributed by atoms with van der Waals surface area (Å²) < 4.78 is 61.0. The van der Waals surface area contributed by atoms with Crippen LogP contribution in [-0.4, -0.2) is 45.9 Å². The van der Waals surface area contributed by atoms with Gasteiger partial charge in [0.05, 0.1) is 5.56 Å². The second-order valence-electron chi connectivity index (χ2n) is 5.53. The van der Waals surface area contributed by atoms with Crippen molar-refractivity contribution in [1.82, 2.24) is 4.90 Å². The van der Waals surface area contributed by atoms with E-state index in [4.69, 9.17) is 0 Å². The van der Waals surface area contributed by atoms with Crippen molar-refractivity contribution in [1.29, 1.82) is 0 Å². The van der Waals surface area contributed by atoms with E-state index < -0.39 is 27.7 Å². The van der Waals surface area contributed by atoms with Crippen molar-refractivity contribution in [2.24, 2.45) is 0 Å². The number of hydrogen-bond acceptors (Lipinski definition) is 4. The third kappa shape index (κ3) is 3.80. The highest BCUT2D eigenvalue weighted by Crippen LogP contribution is 2.36. The van der Waals surface area contributed by atoms with E-state index in [9.17, 15) is 21.9 Å². The van der Waals surface area contributed by atoms with E-state index >= 15 is 0 Å². The third-order valence-electron chi connectivity index (χ3n) is 3.86. The third-order valence-corrected chi connectivity index (χ3v) is 4.57. The number of halogens is 3. The number of anilines is 1. The first-order chi connectivity index (χ1) is 10.2. The van der Waals surface area contributed by atoms with Crippen LogP contribution in [0.25, 0.3) is 0 Å². The molecule has 1 saturated heterocycles. The van der Waals surface area contributed by atoms with Crippen LogP contribution in [0.15, 0.2) is 23.1 Å². The molecule has 2 rings (SSSR count). The lowest BCUT2D eigenvalue weighted by molar-refractivity contribution is -0.139. The molecule has 1 fully saturated rings. The molecule has 1 heterocycles. The Morgan fingerprint density at radius 3 is 2.23 bits per heavy atom. The van der Waals surface area contributed by atoms with Gasteiger partial charge in [-0.15, -0.1) is 0 Å². The molecule has 0 radical (unpaired) electrons. The van der Waals surface area contributed by atoms with Crippen LogP contribution < -0.4 is 4.90 Å². The molecule has 1 aliphatic rings. The van der Waals surface area contributed by atoms with Crippen molar-refractivity contribution in [3.05, 3.63) is 23.8 Å². The maximum absolute atomic E-state index is 13.0. The van der Waals surface area contributed by atoms with Gasteiger partial charge in [-0.3, -0.25) is 9.11 Å². The summed E-state index contributed by atoms with van der Waals surface area (Å²) in [6, 6.07) is 3.79. The van der Waals surface area contributed by atoms with Crippen molar-refractivity contribution in [3.8, 4) is 0 Å². The maximum atomic E-state index is 13.0. The van der Waals surface area contributed by atoms with Crippen molar-refractivity contribution in [2.75, 3.05) is 31.1 Å². The summed E-state index contributed by atoms with van der Waals surface area (Å²) >= 11 is -2.91. The monoisotopic (exact) mass is 335 g/mol. The van der Waals surface area contributed by atoms with Gasteiger partial charge < -0.3 is 9.45 Å². The van der Waals surface area contributed by atoms with Crippen LogP contribution in [0, 0.1) is 0 Å². The normalized spacial score (nSPS) is 18.8. The van der Waals surface area contributed by atoms with Crippen LogP contribution in [0.3, 0.4) is 0 Å². The topological polar surface area (TPSA) is 46.6 Å². The second-order valence-corrected chi connectivity index (χ2v) is 6.44. The van der Waals surface area contributed by atoms with Gasteiger partial charge in [0.15, 0.2) is 0 Å². The van der Waals surface area contributed by atoms with Gasteiger partial charge in [-0.2, -0.15) is 13.2 Å². The Morgan fingerprint density at radius 2 is 1.77 bits per heavy atom. The van der Waals surface area contributed by atoms with Crippen molar-refractivity contribution in [3.63, 3.8) is 0 Å². The Bertz CT molecular complexity index is 556. The fraction of sp³-hybridized carbons (Fsp3) is 0.571. The van der Waals surface area contributed by atoms with Gasteiger partial charge in [0, 0.05) is 42.8 Å². The van der Waals surface area contributed by atoms with Gasteiger partial charge >= 0.3 is 6.18 Å². The molecule has 0 spiro atoms. The van der Waals surface area contributed by atoms with Gasteiger partial charge in [-0.1, -0.05) is 0 Å². The van der Waals surface area contributed by atoms with Crippen molar-refractivity contribution >= 4 is 16.8 Å². The Balaban J connectivity index is 2.25. The zero-order valence-electron chi connectivity index (χ0n) is 12.4. The number of benzene rings is 1. The van der Waals surface area contributed by atoms with Crippen LogP contribution >= 0.6 is 0 Å². The molecule has 1 atom stereocenters. The molecule has 22 heavy (non-hydrogen) atoms. The highest BCUT2D eigenvalue weighted by Gasteiger charge is 2.34. The minimum Gasteiger partial charge on any atom is -0.768 e. The second kappa shape index (κ2) is 6.55. The summed E-state index contributed by atoms with van der Waals surface area (Å²) in [6.45, 7) is 6.94. The lowest BCUT2D eigenvalue weighted by Gasteiger charge is -2.38. The van der Waals surface area contributed by atoms with E-state index in [1.165, 1.54) is 6.07 Å². The Labute approximate surface area is 130 Å². The van der Waals surface area contributed by atoms with Crippen LogP contribution in [0.5, 0.6) is 0 Å². The highest BCUT2D eigenvalue weighted by molar-refractivity contribution is 7.79. The average molecular weight is 335 g/mol. The minimum absolute atomic E-state index is 0.401. The molecule has 0 N–H and O–H groups in total. The van der Waals surface area contributed by atoms with E-state index in [0.29, 0.717) is 24.8 Å². The molecule has 0 amide bonds. The van der Waals surface area contributed by atoms with Crippen molar-refractivity contribution in [2.45, 2.75) is 31.0 Å². The van der Waals surface area contributed by atoms with Crippen molar-refractivity contribution < 1.29 is 21.9 Å². The fourth-order valence-electron chi connectivity index (χ4n) is 2.58. The summed E-state index contributed by atoms with van der Waals surface area (Å²) in [6.07, 6.45) is -4.69. The number of nitrogens with zero attached hydrogens (tertiary/aromatic N) is 2. The molecule has 124 valence electrons. The Kier molecular flexibility index (Phi) is 5.14. The summed E-state index contributed by atoms with van der Waals surface area (Å²) in [4.78, 5) is 3.39. The molecule has 0 aliphatic carbocycles. The van der Waals surface area contributed by atoms with Gasteiger partial charge in [-0.25, -0.2) is 0 Å². The maximum Gasteiger partial charge on any atom is 0.417 e. The molecule has 1 aromatic rings. The highest BCUT2D eigenvalue weighted by atomic mass is 32.2. The van der Waals surface area contributed by atoms with E-state index in [1.54, 1.807) is 0 Å². The van der Waals surface area contributed by atoms with Gasteiger partial charge in [0.2, 0.25) is 0 Å². The smallest absolute Gasteiger partial charge is 0.417 e. The lowest BCUT2D eigenvalue weighted by Crippen LogP contribution is -2.48. The largest absolute Gasteiger partial charge is 0.768 e. The average Bonchev–Trinajstić information content (AvgIpc) is 2.45. The Hall–Kier alpha value is -1.12. The number of alkyl halides is 3. The molecule has 0 aromatic heterocycles. The standard InChI is InChI=1S/C14H19F3N2O2S/c1-10(2)18-5-7-19(8-6-18)11-3-4-13(22(20)21)12(9-11)14(15,16)17/h3-4,9-10H,5-8H2,1-2H3,(H,20,21)/p-1. The number of hydrogen-bond donors (Lipinski definition) is 0. The van der Waals surface area contributed by atoms with E-state index in [0.717, 1.165) is 25.2 Å². The predicted octanol–water partition coefficient (Wildman–Crippen LogP) is 2.47. The van der Waals surface area contributed by atoms with Crippen LogP contribution in [0.2, 0.25) is 0 Å². The first kappa shape index (κ1) is 17.2. The molecule has 1 unspecified atom stereocenters. The van der Waals surface area contributed by atoms with Crippen LogP contribution in [0.4, 0.5) is 18.9 Å². The minimum atomic E-state index is -4.69. The molecule has 0 bridgehead atoms. The van der Waals surface area contributed by atoms with Crippen LogP contribution in [0.1, 0.15) is 19.4 Å².